The summed E-state index contributed by atoms with van der Waals surface area (Å²) in [6.07, 6.45) is 0. The molecule has 0 aliphatic carbocycles. The summed E-state index contributed by atoms with van der Waals surface area (Å²) in [6.45, 7) is 0.148. The third-order valence-electron chi connectivity index (χ3n) is 2.88. The van der Waals surface area contributed by atoms with Crippen LogP contribution in [0, 0.1) is 0 Å². The van der Waals surface area contributed by atoms with Gasteiger partial charge in [-0.05, 0) is 24.3 Å². The Balaban J connectivity index is 1.84. The van der Waals surface area contributed by atoms with Crippen LogP contribution in [0.4, 0.5) is 0 Å². The maximum Gasteiger partial charge on any atom is 0.265 e. The summed E-state index contributed by atoms with van der Waals surface area (Å²) in [5.74, 6) is 4.41. The molecule has 1 aromatic rings. The first-order valence-electron chi connectivity index (χ1n) is 6.26. The third-order valence-corrected chi connectivity index (χ3v) is 2.88. The first-order valence-corrected chi connectivity index (χ1v) is 6.26. The third kappa shape index (κ3) is 3.77. The fourth-order valence-electron chi connectivity index (χ4n) is 1.81. The molecule has 1 saturated heterocycles. The summed E-state index contributed by atoms with van der Waals surface area (Å²) < 4.78 is 10.2. The number of hydrogen-bond donors (Lipinski definition) is 2. The minimum absolute atomic E-state index is 0.0887. The molecule has 0 radical (unpaired) electrons. The van der Waals surface area contributed by atoms with Crippen LogP contribution in [0.2, 0.25) is 0 Å². The second-order valence-corrected chi connectivity index (χ2v) is 4.28. The van der Waals surface area contributed by atoms with Crippen molar-refractivity contribution in [3.8, 4) is 5.75 Å². The number of morpholine rings is 1. The van der Waals surface area contributed by atoms with Crippen LogP contribution in [0.5, 0.6) is 5.75 Å². The van der Waals surface area contributed by atoms with Gasteiger partial charge in [0.25, 0.3) is 17.7 Å². The Hall–Kier alpha value is -2.45. The van der Waals surface area contributed by atoms with Crippen molar-refractivity contribution in [2.75, 3.05) is 26.4 Å². The molecule has 0 aromatic heterocycles. The number of carbonyl (C=O) groups is 3. The summed E-state index contributed by atoms with van der Waals surface area (Å²) in [5, 5.41) is 0. The van der Waals surface area contributed by atoms with Crippen LogP contribution >= 0.6 is 0 Å². The van der Waals surface area contributed by atoms with Crippen molar-refractivity contribution >= 4 is 17.7 Å². The molecule has 1 aromatic carbocycles. The number of rotatable bonds is 5. The fourth-order valence-corrected chi connectivity index (χ4v) is 1.81. The van der Waals surface area contributed by atoms with Gasteiger partial charge < -0.3 is 9.47 Å². The van der Waals surface area contributed by atoms with Gasteiger partial charge in [0, 0.05) is 5.56 Å². The molecule has 0 unspecified atom stereocenters. The van der Waals surface area contributed by atoms with Crippen LogP contribution in [-0.4, -0.2) is 49.0 Å². The monoisotopic (exact) mass is 293 g/mol. The van der Waals surface area contributed by atoms with E-state index < -0.39 is 5.91 Å². The van der Waals surface area contributed by atoms with Gasteiger partial charge in [0.1, 0.15) is 25.6 Å². The number of nitrogens with one attached hydrogen (secondary N) is 1. The maximum atomic E-state index is 11.5. The van der Waals surface area contributed by atoms with Crippen LogP contribution in [0.15, 0.2) is 24.3 Å². The van der Waals surface area contributed by atoms with E-state index in [0.717, 1.165) is 4.90 Å². The van der Waals surface area contributed by atoms with E-state index in [-0.39, 0.29) is 38.2 Å². The smallest absolute Gasteiger partial charge is 0.265 e. The molecule has 0 spiro atoms. The number of imide groups is 1. The highest BCUT2D eigenvalue weighted by Crippen LogP contribution is 2.12. The Morgan fingerprint density at radius 2 is 1.86 bits per heavy atom. The molecule has 3 amide bonds. The fraction of sp³-hybridized carbons (Fsp3) is 0.308. The van der Waals surface area contributed by atoms with Gasteiger partial charge in [0.05, 0.1) is 6.54 Å². The molecule has 1 fully saturated rings. The normalized spacial score (nSPS) is 15.0. The van der Waals surface area contributed by atoms with Gasteiger partial charge in [0.15, 0.2) is 0 Å². The number of carbonyl (C=O) groups excluding carboxylic acids is 3. The minimum atomic E-state index is -0.397. The van der Waals surface area contributed by atoms with Crippen LogP contribution < -0.4 is 16.0 Å². The van der Waals surface area contributed by atoms with Crippen molar-refractivity contribution in [3.63, 3.8) is 0 Å². The van der Waals surface area contributed by atoms with Crippen molar-refractivity contribution in [3.05, 3.63) is 29.8 Å². The first kappa shape index (κ1) is 14.9. The Labute approximate surface area is 120 Å². The van der Waals surface area contributed by atoms with E-state index >= 15 is 0 Å². The lowest BCUT2D eigenvalue weighted by Gasteiger charge is -2.24. The van der Waals surface area contributed by atoms with Gasteiger partial charge in [-0.1, -0.05) is 0 Å². The second kappa shape index (κ2) is 6.82. The largest absolute Gasteiger partial charge is 0.492 e. The van der Waals surface area contributed by atoms with E-state index in [9.17, 15) is 14.4 Å². The molecule has 1 aliphatic heterocycles. The first-order chi connectivity index (χ1) is 10.1. The molecule has 0 saturated carbocycles. The average Bonchev–Trinajstić information content (AvgIpc) is 2.50. The van der Waals surface area contributed by atoms with Gasteiger partial charge in [-0.2, -0.15) is 0 Å². The summed E-state index contributed by atoms with van der Waals surface area (Å²) in [5.41, 5.74) is 2.43. The molecule has 1 heterocycles. The van der Waals surface area contributed by atoms with E-state index in [1.54, 1.807) is 24.3 Å². The minimum Gasteiger partial charge on any atom is -0.492 e. The quantitative estimate of drug-likeness (QED) is 0.313. The molecule has 0 bridgehead atoms. The molecular weight excluding hydrogens is 278 g/mol. The number of hydrazine groups is 1. The van der Waals surface area contributed by atoms with Gasteiger partial charge in [-0.25, -0.2) is 5.84 Å². The van der Waals surface area contributed by atoms with E-state index in [1.807, 2.05) is 5.43 Å². The molecule has 112 valence electrons. The number of nitrogen functional groups attached to an aromatic ring is 1. The summed E-state index contributed by atoms with van der Waals surface area (Å²) in [6, 6.07) is 6.33. The van der Waals surface area contributed by atoms with Crippen molar-refractivity contribution in [2.24, 2.45) is 5.84 Å². The van der Waals surface area contributed by atoms with Crippen LogP contribution in [0.1, 0.15) is 10.4 Å². The molecule has 8 heteroatoms. The maximum absolute atomic E-state index is 11.5. The number of hydrogen-bond acceptors (Lipinski definition) is 6. The van der Waals surface area contributed by atoms with E-state index in [0.29, 0.717) is 11.3 Å². The number of nitrogens with zero attached hydrogens (tertiary/aromatic N) is 1. The van der Waals surface area contributed by atoms with Crippen LogP contribution in [0.3, 0.4) is 0 Å². The van der Waals surface area contributed by atoms with Crippen molar-refractivity contribution < 1.29 is 23.9 Å². The lowest BCUT2D eigenvalue weighted by Crippen LogP contribution is -2.47. The van der Waals surface area contributed by atoms with Crippen LogP contribution in [0.25, 0.3) is 0 Å². The zero-order valence-corrected chi connectivity index (χ0v) is 11.2. The Bertz CT molecular complexity index is 527. The zero-order valence-electron chi connectivity index (χ0n) is 11.2. The van der Waals surface area contributed by atoms with Crippen molar-refractivity contribution in [2.45, 2.75) is 0 Å². The highest BCUT2D eigenvalue weighted by Gasteiger charge is 2.26. The molecular formula is C13H15N3O5. The Morgan fingerprint density at radius 3 is 2.43 bits per heavy atom. The zero-order chi connectivity index (χ0) is 15.2. The number of nitrogens with two attached hydrogens (primary N) is 1. The molecule has 8 nitrogen and oxygen atoms in total. The molecule has 21 heavy (non-hydrogen) atoms. The highest BCUT2D eigenvalue weighted by atomic mass is 16.5. The molecule has 2 rings (SSSR count). The van der Waals surface area contributed by atoms with Gasteiger partial charge in [-0.3, -0.25) is 24.7 Å². The number of amides is 3. The average molecular weight is 293 g/mol. The molecule has 3 N–H and O–H groups in total. The number of benzene rings is 1. The Kier molecular flexibility index (Phi) is 4.85. The van der Waals surface area contributed by atoms with Crippen LogP contribution in [-0.2, 0) is 14.3 Å². The van der Waals surface area contributed by atoms with Gasteiger partial charge in [0.2, 0.25) is 0 Å². The SMILES string of the molecule is NNC(=O)c1ccc(OCCN2C(=O)COCC2=O)cc1. The topological polar surface area (TPSA) is 111 Å². The van der Waals surface area contributed by atoms with E-state index in [2.05, 4.69) is 0 Å². The predicted molar refractivity (Wildman–Crippen MR) is 71.1 cm³/mol. The standard InChI is InChI=1S/C13H15N3O5/c14-15-13(19)9-1-3-10(4-2-9)21-6-5-16-11(17)7-20-8-12(16)18/h1-4H,5-8,14H2,(H,15,19). The predicted octanol–water partition coefficient (Wildman–Crippen LogP) is -0.946. The Morgan fingerprint density at radius 1 is 1.24 bits per heavy atom. The highest BCUT2D eigenvalue weighted by molar-refractivity contribution is 5.98. The lowest BCUT2D eigenvalue weighted by molar-refractivity contribution is -0.158. The number of ether oxygens (including phenoxy) is 2. The van der Waals surface area contributed by atoms with E-state index in [4.69, 9.17) is 15.3 Å². The van der Waals surface area contributed by atoms with Crippen molar-refractivity contribution in [1.82, 2.24) is 10.3 Å². The molecule has 1 aliphatic rings. The van der Waals surface area contributed by atoms with Gasteiger partial charge >= 0.3 is 0 Å². The summed E-state index contributed by atoms with van der Waals surface area (Å²) in [4.78, 5) is 35.3. The lowest BCUT2D eigenvalue weighted by atomic mass is 10.2. The summed E-state index contributed by atoms with van der Waals surface area (Å²) in [7, 11) is 0. The van der Waals surface area contributed by atoms with Crippen molar-refractivity contribution in [1.29, 1.82) is 0 Å². The second-order valence-electron chi connectivity index (χ2n) is 4.28. The molecule has 0 atom stereocenters. The summed E-state index contributed by atoms with van der Waals surface area (Å²) >= 11 is 0. The van der Waals surface area contributed by atoms with Gasteiger partial charge in [-0.15, -0.1) is 0 Å². The van der Waals surface area contributed by atoms with E-state index in [1.165, 1.54) is 0 Å².